The fourth-order valence-electron chi connectivity index (χ4n) is 2.46. The normalized spacial score (nSPS) is 27.5. The quantitative estimate of drug-likeness (QED) is 0.221. The number of rotatable bonds is 9. The van der Waals surface area contributed by atoms with Gasteiger partial charge >= 0.3 is 24.7 Å². The van der Waals surface area contributed by atoms with Gasteiger partial charge in [0.15, 0.2) is 24.6 Å². The van der Waals surface area contributed by atoms with Gasteiger partial charge in [0, 0.05) is 26.5 Å². The summed E-state index contributed by atoms with van der Waals surface area (Å²) in [5, 5.41) is 0. The molecule has 0 bridgehead atoms. The smallest absolute Gasteiger partial charge is 0.384 e. The molecule has 1 aliphatic rings. The summed E-state index contributed by atoms with van der Waals surface area (Å²) in [6.45, 7) is 2.31. The van der Waals surface area contributed by atoms with Gasteiger partial charge in [0.1, 0.15) is 6.10 Å². The summed E-state index contributed by atoms with van der Waals surface area (Å²) in [7, 11) is 0. The highest BCUT2D eigenvalue weighted by Crippen LogP contribution is 2.51. The van der Waals surface area contributed by atoms with Crippen molar-refractivity contribution >= 4 is 36.1 Å². The fourth-order valence-corrected chi connectivity index (χ4v) is 4.09. The second-order valence-corrected chi connectivity index (χ2v) is 9.45. The van der Waals surface area contributed by atoms with Crippen LogP contribution in [-0.4, -0.2) is 70.8 Å². The lowest BCUT2D eigenvalue weighted by Gasteiger charge is -2.44. The molecule has 11 nitrogen and oxygen atoms in total. The van der Waals surface area contributed by atoms with Gasteiger partial charge in [0.25, 0.3) is 0 Å². The van der Waals surface area contributed by atoms with Gasteiger partial charge in [-0.2, -0.15) is 0 Å². The van der Waals surface area contributed by atoms with Gasteiger partial charge < -0.3 is 33.5 Å². The molecule has 2 N–H and O–H groups in total. The summed E-state index contributed by atoms with van der Waals surface area (Å²) < 4.78 is 37.8. The van der Waals surface area contributed by atoms with Gasteiger partial charge in [-0.25, -0.2) is 4.57 Å². The minimum Gasteiger partial charge on any atom is -0.456 e. The highest BCUT2D eigenvalue weighted by atomic mass is 32.7. The van der Waals surface area contributed by atoms with Gasteiger partial charge in [-0.1, -0.05) is 6.08 Å². The molecule has 1 rings (SSSR count). The van der Waals surface area contributed by atoms with E-state index in [0.29, 0.717) is 0 Å². The average molecular weight is 442 g/mol. The first kappa shape index (κ1) is 24.6. The van der Waals surface area contributed by atoms with Crippen molar-refractivity contribution in [3.63, 3.8) is 0 Å². The van der Waals surface area contributed by atoms with E-state index >= 15 is 0 Å². The van der Waals surface area contributed by atoms with E-state index in [1.165, 1.54) is 6.08 Å². The molecule has 1 fully saturated rings. The summed E-state index contributed by atoms with van der Waals surface area (Å²) in [4.78, 5) is 52.9. The number of esters is 3. The summed E-state index contributed by atoms with van der Waals surface area (Å²) in [6, 6.07) is 0. The van der Waals surface area contributed by atoms with Crippen molar-refractivity contribution in [1.29, 1.82) is 0 Å². The van der Waals surface area contributed by atoms with Crippen molar-refractivity contribution in [3.8, 4) is 0 Å². The molecule has 28 heavy (non-hydrogen) atoms. The first-order valence-corrected chi connectivity index (χ1v) is 11.2. The molecular formula is C15H23O11PS. The van der Waals surface area contributed by atoms with E-state index in [4.69, 9.17) is 33.5 Å². The lowest BCUT2D eigenvalue weighted by molar-refractivity contribution is -0.297. The molecule has 13 heteroatoms. The maximum absolute atomic E-state index is 11.6. The van der Waals surface area contributed by atoms with E-state index in [0.717, 1.165) is 20.8 Å². The first-order valence-electron chi connectivity index (χ1n) is 8.04. The molecule has 160 valence electrons. The van der Waals surface area contributed by atoms with E-state index in [9.17, 15) is 18.9 Å². The van der Waals surface area contributed by atoms with Gasteiger partial charge in [-0.3, -0.25) is 14.4 Å². The Morgan fingerprint density at radius 3 is 2.00 bits per heavy atom. The molecule has 1 saturated heterocycles. The maximum atomic E-state index is 11.6. The Balaban J connectivity index is 3.27. The molecule has 0 unspecified atom stereocenters. The molecule has 0 aromatic carbocycles. The molecule has 5 atom stereocenters. The number of carbonyl (C=O) groups excluding carboxylic acids is 3. The monoisotopic (exact) mass is 442 g/mol. The highest BCUT2D eigenvalue weighted by Gasteiger charge is 2.52. The SMILES string of the molecule is C=CCO[C@H]1O[C@H](CSP(=O)(O)O)[C@@H](OC(C)=O)[C@H](OC(C)=O)[C@@H]1OC(C)=O. The third-order valence-electron chi connectivity index (χ3n) is 3.28. The Hall–Kier alpha value is -1.43. The Morgan fingerprint density at radius 1 is 1.04 bits per heavy atom. The lowest BCUT2D eigenvalue weighted by atomic mass is 9.98. The molecule has 1 aliphatic heterocycles. The largest absolute Gasteiger partial charge is 0.456 e. The summed E-state index contributed by atoms with van der Waals surface area (Å²) in [5.41, 5.74) is 0. The molecule has 1 heterocycles. The Bertz CT molecular complexity index is 633. The third kappa shape index (κ3) is 8.29. The molecule has 0 amide bonds. The predicted molar refractivity (Wildman–Crippen MR) is 96.0 cm³/mol. The van der Waals surface area contributed by atoms with Gasteiger partial charge in [0.05, 0.1) is 6.61 Å². The van der Waals surface area contributed by atoms with Crippen molar-refractivity contribution in [2.75, 3.05) is 12.4 Å². The van der Waals surface area contributed by atoms with Crippen LogP contribution in [0.25, 0.3) is 0 Å². The lowest BCUT2D eigenvalue weighted by Crippen LogP contribution is -2.62. The van der Waals surface area contributed by atoms with Crippen LogP contribution in [0.2, 0.25) is 0 Å². The van der Waals surface area contributed by atoms with Crippen LogP contribution in [0.15, 0.2) is 12.7 Å². The molecule has 0 aromatic rings. The van der Waals surface area contributed by atoms with Crippen LogP contribution in [0.5, 0.6) is 0 Å². The van der Waals surface area contributed by atoms with Crippen molar-refractivity contribution in [1.82, 2.24) is 0 Å². The second kappa shape index (κ2) is 10.9. The van der Waals surface area contributed by atoms with E-state index in [1.54, 1.807) is 0 Å². The Morgan fingerprint density at radius 2 is 1.54 bits per heavy atom. The van der Waals surface area contributed by atoms with Gasteiger partial charge in [0.2, 0.25) is 0 Å². The average Bonchev–Trinajstić information content (AvgIpc) is 2.53. The van der Waals surface area contributed by atoms with Crippen LogP contribution in [0.3, 0.4) is 0 Å². The number of hydrogen-bond acceptors (Lipinski definition) is 10. The summed E-state index contributed by atoms with van der Waals surface area (Å²) in [5.74, 6) is -2.57. The first-order chi connectivity index (χ1) is 12.9. The van der Waals surface area contributed by atoms with Crippen LogP contribution in [-0.2, 0) is 42.6 Å². The minimum absolute atomic E-state index is 0.0220. The topological polar surface area (TPSA) is 155 Å². The van der Waals surface area contributed by atoms with Crippen LogP contribution in [0.1, 0.15) is 20.8 Å². The van der Waals surface area contributed by atoms with Crippen molar-refractivity contribution in [3.05, 3.63) is 12.7 Å². The standard InChI is InChI=1S/C15H23O11PS/c1-5-6-22-15-14(25-10(4)18)13(24-9(3)17)12(23-8(2)16)11(26-15)7-28-27(19,20)21/h5,11-15H,1,6-7H2,2-4H3,(H2,19,20,21)/t11-,12-,13+,14+,15+/m1/s1. The zero-order valence-electron chi connectivity index (χ0n) is 15.5. The maximum Gasteiger partial charge on any atom is 0.384 e. The van der Waals surface area contributed by atoms with Crippen molar-refractivity contribution in [2.45, 2.75) is 51.5 Å². The van der Waals surface area contributed by atoms with E-state index in [2.05, 4.69) is 6.58 Å². The van der Waals surface area contributed by atoms with Gasteiger partial charge in [-0.05, 0) is 11.4 Å². The van der Waals surface area contributed by atoms with E-state index in [-0.39, 0.29) is 23.7 Å². The zero-order chi connectivity index (χ0) is 21.5. The number of hydrogen-bond donors (Lipinski definition) is 2. The van der Waals surface area contributed by atoms with E-state index in [1.807, 2.05) is 0 Å². The summed E-state index contributed by atoms with van der Waals surface area (Å²) in [6.07, 6.45) is -4.91. The predicted octanol–water partition coefficient (Wildman–Crippen LogP) is 0.535. The van der Waals surface area contributed by atoms with E-state index < -0.39 is 55.4 Å². The minimum atomic E-state index is -4.47. The molecule has 0 spiro atoms. The van der Waals surface area contributed by atoms with Gasteiger partial charge in [-0.15, -0.1) is 6.58 Å². The zero-order valence-corrected chi connectivity index (χ0v) is 17.2. The van der Waals surface area contributed by atoms with Crippen molar-refractivity contribution < 1.29 is 52.4 Å². The molecule has 0 aliphatic carbocycles. The van der Waals surface area contributed by atoms with Crippen LogP contribution in [0, 0.1) is 0 Å². The molecule has 0 radical (unpaired) electrons. The number of ether oxygens (including phenoxy) is 5. The molecular weight excluding hydrogens is 419 g/mol. The van der Waals surface area contributed by atoms with Crippen LogP contribution < -0.4 is 0 Å². The van der Waals surface area contributed by atoms with Crippen molar-refractivity contribution in [2.24, 2.45) is 0 Å². The fraction of sp³-hybridized carbons (Fsp3) is 0.667. The van der Waals surface area contributed by atoms with Crippen LogP contribution in [0.4, 0.5) is 0 Å². The third-order valence-corrected chi connectivity index (χ3v) is 5.55. The Kier molecular flexibility index (Phi) is 9.61. The molecule has 0 saturated carbocycles. The number of carbonyl (C=O) groups is 3. The highest BCUT2D eigenvalue weighted by molar-refractivity contribution is 8.54. The Labute approximate surface area is 165 Å². The molecule has 0 aromatic heterocycles. The second-order valence-electron chi connectivity index (χ2n) is 5.67. The van der Waals surface area contributed by atoms with Crippen LogP contribution >= 0.6 is 18.2 Å². The summed E-state index contributed by atoms with van der Waals surface area (Å²) >= 11 is 0.259.